The van der Waals surface area contributed by atoms with Crippen molar-refractivity contribution in [2.45, 2.75) is 53.4 Å². The predicted molar refractivity (Wildman–Crippen MR) is 177 cm³/mol. The summed E-state index contributed by atoms with van der Waals surface area (Å²) in [6.45, 7) is 11.0. The maximum atomic E-state index is 12.0. The minimum Gasteiger partial charge on any atom is -0.507 e. The fourth-order valence-corrected chi connectivity index (χ4v) is 6.00. The summed E-state index contributed by atoms with van der Waals surface area (Å²) in [4.78, 5) is 8.29. The zero-order valence-electron chi connectivity index (χ0n) is 25.6. The van der Waals surface area contributed by atoms with E-state index in [0.717, 1.165) is 0 Å². The Morgan fingerprint density at radius 1 is 0.614 bits per heavy atom. The molecule has 0 aromatic heterocycles. The molecule has 8 heteroatoms. The number of hydrogen-bond donors (Lipinski definition) is 6. The molecule has 0 unspecified atom stereocenters. The van der Waals surface area contributed by atoms with Crippen LogP contribution in [-0.4, -0.2) is 56.2 Å². The highest BCUT2D eigenvalue weighted by Gasteiger charge is 2.29. The molecule has 0 heterocycles. The number of phenolic OH excluding ortho intramolecular Hbond substituents is 6. The van der Waals surface area contributed by atoms with Gasteiger partial charge < -0.3 is 30.6 Å². The summed E-state index contributed by atoms with van der Waals surface area (Å²) < 4.78 is 0. The number of aliphatic imine (C=N–C) groups is 2. The first-order valence-corrected chi connectivity index (χ1v) is 14.1. The number of terminal acetylenes is 2. The van der Waals surface area contributed by atoms with Gasteiger partial charge in [0.15, 0.2) is 23.0 Å². The van der Waals surface area contributed by atoms with Crippen molar-refractivity contribution in [3.63, 3.8) is 0 Å². The van der Waals surface area contributed by atoms with Crippen LogP contribution < -0.4 is 0 Å². The van der Waals surface area contributed by atoms with Crippen LogP contribution in [0.2, 0.25) is 0 Å². The Morgan fingerprint density at radius 3 is 1.25 bits per heavy atom. The van der Waals surface area contributed by atoms with Crippen LogP contribution in [0.4, 0.5) is 0 Å². The van der Waals surface area contributed by atoms with Crippen molar-refractivity contribution in [3.05, 3.63) is 45.5 Å². The number of aryl methyl sites for hydroxylation is 2. The third-order valence-electron chi connectivity index (χ3n) is 7.79. The second-order valence-electron chi connectivity index (χ2n) is 11.4. The number of aromatic hydroxyl groups is 6. The van der Waals surface area contributed by atoms with Gasteiger partial charge in [-0.15, -0.1) is 12.8 Å². The number of phenols is 6. The Hall–Kier alpha value is -5.34. The average molecular weight is 593 g/mol. The van der Waals surface area contributed by atoms with Crippen LogP contribution in [0.3, 0.4) is 0 Å². The maximum Gasteiger partial charge on any atom is 0.167 e. The van der Waals surface area contributed by atoms with Crippen LogP contribution in [0.5, 0.6) is 34.5 Å². The second kappa shape index (κ2) is 12.1. The van der Waals surface area contributed by atoms with E-state index in [0.29, 0.717) is 33.0 Å². The fraction of sp³-hybridized carbons (Fsp3) is 0.278. The monoisotopic (exact) mass is 592 g/mol. The van der Waals surface area contributed by atoms with Gasteiger partial charge in [0.05, 0.1) is 13.1 Å². The molecule has 4 rings (SSSR count). The van der Waals surface area contributed by atoms with Crippen LogP contribution in [0.15, 0.2) is 22.1 Å². The molecule has 44 heavy (non-hydrogen) atoms. The van der Waals surface area contributed by atoms with Gasteiger partial charge in [0, 0.05) is 56.6 Å². The molecule has 226 valence electrons. The summed E-state index contributed by atoms with van der Waals surface area (Å²) in [5.41, 5.74) is 2.69. The maximum absolute atomic E-state index is 12.0. The number of fused-ring (bicyclic) bond motifs is 2. The molecule has 0 fully saturated rings. The van der Waals surface area contributed by atoms with Crippen molar-refractivity contribution in [2.24, 2.45) is 9.98 Å². The van der Waals surface area contributed by atoms with Gasteiger partial charge in [-0.2, -0.15) is 0 Å². The van der Waals surface area contributed by atoms with Crippen molar-refractivity contribution in [2.75, 3.05) is 13.1 Å². The molecular weight excluding hydrogens is 556 g/mol. The third-order valence-corrected chi connectivity index (χ3v) is 7.79. The van der Waals surface area contributed by atoms with Crippen LogP contribution in [-0.2, 0) is 0 Å². The number of benzene rings is 4. The van der Waals surface area contributed by atoms with E-state index in [1.54, 1.807) is 26.0 Å². The Bertz CT molecular complexity index is 1830. The Labute approximate surface area is 256 Å². The molecule has 4 aromatic rings. The topological polar surface area (TPSA) is 146 Å². The fourth-order valence-electron chi connectivity index (χ4n) is 6.00. The Balaban J connectivity index is 2.26. The van der Waals surface area contributed by atoms with Crippen LogP contribution in [0.1, 0.15) is 72.9 Å². The van der Waals surface area contributed by atoms with E-state index in [1.807, 2.05) is 27.7 Å². The lowest BCUT2D eigenvalue weighted by molar-refractivity contribution is 0.398. The summed E-state index contributed by atoms with van der Waals surface area (Å²) in [6.07, 6.45) is 13.3. The molecule has 0 saturated heterocycles. The van der Waals surface area contributed by atoms with Crippen LogP contribution in [0, 0.1) is 38.5 Å². The molecule has 0 atom stereocenters. The minimum atomic E-state index is -0.458. The molecule has 0 aliphatic carbocycles. The zero-order chi connectivity index (χ0) is 32.6. The highest BCUT2D eigenvalue weighted by Crippen LogP contribution is 2.54. The molecule has 6 N–H and O–H groups in total. The lowest BCUT2D eigenvalue weighted by Crippen LogP contribution is -2.01. The van der Waals surface area contributed by atoms with Crippen LogP contribution in [0.25, 0.3) is 32.7 Å². The number of hydrogen-bond acceptors (Lipinski definition) is 8. The average Bonchev–Trinajstić information content (AvgIpc) is 2.94. The summed E-state index contributed by atoms with van der Waals surface area (Å²) in [6, 6.07) is 3.56. The molecule has 0 spiro atoms. The van der Waals surface area contributed by atoms with Gasteiger partial charge in [0.1, 0.15) is 11.5 Å². The number of nitrogens with zero attached hydrogens (tertiary/aromatic N) is 2. The van der Waals surface area contributed by atoms with Gasteiger partial charge in [-0.3, -0.25) is 9.98 Å². The zero-order valence-corrected chi connectivity index (χ0v) is 25.6. The van der Waals surface area contributed by atoms with Gasteiger partial charge in [-0.05, 0) is 47.6 Å². The van der Waals surface area contributed by atoms with E-state index >= 15 is 0 Å². The molecule has 0 amide bonds. The number of rotatable bonds is 7. The summed E-state index contributed by atoms with van der Waals surface area (Å²) in [5, 5.41) is 69.5. The Kier molecular flexibility index (Phi) is 8.69. The first-order valence-electron chi connectivity index (χ1n) is 14.1. The predicted octanol–water partition coefficient (Wildman–Crippen LogP) is 6.86. The Morgan fingerprint density at radius 2 is 0.955 bits per heavy atom. The molecular formula is C36H36N2O6. The minimum absolute atomic E-state index is 0.0101. The van der Waals surface area contributed by atoms with Crippen molar-refractivity contribution >= 4 is 34.0 Å². The van der Waals surface area contributed by atoms with Crippen molar-refractivity contribution in [1.29, 1.82) is 0 Å². The highest BCUT2D eigenvalue weighted by molar-refractivity contribution is 6.15. The molecule has 0 saturated carbocycles. The third kappa shape index (κ3) is 4.99. The summed E-state index contributed by atoms with van der Waals surface area (Å²) in [5.74, 6) is 2.25. The highest BCUT2D eigenvalue weighted by atomic mass is 16.3. The summed E-state index contributed by atoms with van der Waals surface area (Å²) >= 11 is 0. The SMILES string of the molecule is C#CCN=Cc1c(O)c(O)c(C(C)C)c2cc(C)c(-c3c(C)cc4c(C(C)C)c(O)c(O)c(C=NCC#C)c4c3O)c(O)c12. The molecule has 0 aliphatic heterocycles. The van der Waals surface area contributed by atoms with E-state index < -0.39 is 11.5 Å². The standard InChI is InChI=1S/C36H36N2O6/c1-9-11-37-15-23-29-21(25(17(3)4)35(43)31(23)39)13-19(7)27(33(29)41)28-20(8)14-22-26(18(5)6)36(44)32(40)24(16-38-12-10-2)30(22)34(28)42/h1-2,13-18,39-44H,11-12H2,3-8H3. The lowest BCUT2D eigenvalue weighted by atomic mass is 9.83. The first-order chi connectivity index (χ1) is 20.8. The van der Waals surface area contributed by atoms with Crippen molar-refractivity contribution in [1.82, 2.24) is 0 Å². The van der Waals surface area contributed by atoms with Gasteiger partial charge >= 0.3 is 0 Å². The largest absolute Gasteiger partial charge is 0.507 e. The lowest BCUT2D eigenvalue weighted by Gasteiger charge is -2.23. The molecule has 8 nitrogen and oxygen atoms in total. The van der Waals surface area contributed by atoms with Gasteiger partial charge in [0.2, 0.25) is 0 Å². The van der Waals surface area contributed by atoms with Gasteiger partial charge in [-0.25, -0.2) is 0 Å². The molecule has 0 bridgehead atoms. The van der Waals surface area contributed by atoms with E-state index in [4.69, 9.17) is 12.8 Å². The molecule has 0 radical (unpaired) electrons. The summed E-state index contributed by atoms with van der Waals surface area (Å²) in [7, 11) is 0. The second-order valence-corrected chi connectivity index (χ2v) is 11.4. The van der Waals surface area contributed by atoms with E-state index in [9.17, 15) is 30.6 Å². The molecule has 4 aromatic carbocycles. The van der Waals surface area contributed by atoms with Gasteiger partial charge in [-0.1, -0.05) is 51.7 Å². The van der Waals surface area contributed by atoms with Crippen molar-refractivity contribution < 1.29 is 30.6 Å². The van der Waals surface area contributed by atoms with Crippen LogP contribution >= 0.6 is 0 Å². The van der Waals surface area contributed by atoms with E-state index in [2.05, 4.69) is 21.8 Å². The van der Waals surface area contributed by atoms with E-state index in [-0.39, 0.29) is 80.9 Å². The smallest absolute Gasteiger partial charge is 0.167 e. The molecule has 0 aliphatic rings. The quantitative estimate of drug-likeness (QED) is 0.0785. The van der Waals surface area contributed by atoms with Gasteiger partial charge in [0.25, 0.3) is 0 Å². The van der Waals surface area contributed by atoms with E-state index in [1.165, 1.54) is 12.4 Å². The van der Waals surface area contributed by atoms with Crippen molar-refractivity contribution in [3.8, 4) is 70.3 Å². The first kappa shape index (κ1) is 31.6. The normalized spacial score (nSPS) is 11.9.